The first-order valence-corrected chi connectivity index (χ1v) is 6.37. The lowest BCUT2D eigenvalue weighted by Crippen LogP contribution is -2.18. The highest BCUT2D eigenvalue weighted by Crippen LogP contribution is 2.27. The zero-order valence-electron chi connectivity index (χ0n) is 11.0. The van der Waals surface area contributed by atoms with Crippen LogP contribution in [0.15, 0.2) is 54.1 Å². The van der Waals surface area contributed by atoms with Gasteiger partial charge in [-0.15, -0.1) is 0 Å². The number of carbonyl (C=O) groups is 1. The van der Waals surface area contributed by atoms with Crippen molar-refractivity contribution in [3.63, 3.8) is 0 Å². The summed E-state index contributed by atoms with van der Waals surface area (Å²) >= 11 is 0. The lowest BCUT2D eigenvalue weighted by atomic mass is 9.98. The SMILES string of the molecule is O=C1/C(=C\c2cccc([N+](=O)[O-])c2)COc2ccccc21. The van der Waals surface area contributed by atoms with Crippen molar-refractivity contribution in [3.8, 4) is 5.75 Å². The first-order chi connectivity index (χ1) is 10.1. The number of nitrogens with zero attached hydrogens (tertiary/aromatic N) is 1. The number of hydrogen-bond donors (Lipinski definition) is 0. The molecule has 0 saturated heterocycles. The Morgan fingerprint density at radius 3 is 2.76 bits per heavy atom. The molecule has 2 aromatic carbocycles. The summed E-state index contributed by atoms with van der Waals surface area (Å²) in [6, 6.07) is 13.2. The molecule has 0 aliphatic carbocycles. The highest BCUT2D eigenvalue weighted by atomic mass is 16.6. The highest BCUT2D eigenvalue weighted by Gasteiger charge is 2.22. The second-order valence-electron chi connectivity index (χ2n) is 4.64. The van der Waals surface area contributed by atoms with Crippen molar-refractivity contribution in [2.75, 3.05) is 6.61 Å². The molecule has 0 unspecified atom stereocenters. The molecule has 5 nitrogen and oxygen atoms in total. The summed E-state index contributed by atoms with van der Waals surface area (Å²) in [4.78, 5) is 22.7. The van der Waals surface area contributed by atoms with Crippen molar-refractivity contribution in [2.24, 2.45) is 0 Å². The van der Waals surface area contributed by atoms with Crippen molar-refractivity contribution in [2.45, 2.75) is 0 Å². The average Bonchev–Trinajstić information content (AvgIpc) is 2.51. The predicted octanol–water partition coefficient (Wildman–Crippen LogP) is 3.25. The van der Waals surface area contributed by atoms with Gasteiger partial charge in [0.2, 0.25) is 0 Å². The van der Waals surface area contributed by atoms with Gasteiger partial charge in [-0.1, -0.05) is 24.3 Å². The van der Waals surface area contributed by atoms with E-state index in [0.29, 0.717) is 22.4 Å². The fourth-order valence-electron chi connectivity index (χ4n) is 2.21. The standard InChI is InChI=1S/C16H11NO4/c18-16-12(10-21-15-7-2-1-6-14(15)16)8-11-4-3-5-13(9-11)17(19)20/h1-9H,10H2/b12-8-. The Kier molecular flexibility index (Phi) is 3.23. The van der Waals surface area contributed by atoms with Crippen LogP contribution in [0.1, 0.15) is 15.9 Å². The smallest absolute Gasteiger partial charge is 0.270 e. The molecular weight excluding hydrogens is 270 g/mol. The molecule has 0 radical (unpaired) electrons. The fraction of sp³-hybridized carbons (Fsp3) is 0.0625. The second kappa shape index (κ2) is 5.20. The van der Waals surface area contributed by atoms with Crippen LogP contribution in [0.5, 0.6) is 5.75 Å². The maximum atomic E-state index is 12.4. The van der Waals surface area contributed by atoms with Gasteiger partial charge in [0.1, 0.15) is 12.4 Å². The van der Waals surface area contributed by atoms with Crippen LogP contribution in [0.3, 0.4) is 0 Å². The van der Waals surface area contributed by atoms with Crippen LogP contribution in [0.25, 0.3) is 6.08 Å². The maximum Gasteiger partial charge on any atom is 0.270 e. The maximum absolute atomic E-state index is 12.4. The van der Waals surface area contributed by atoms with E-state index in [2.05, 4.69) is 0 Å². The minimum absolute atomic E-state index is 0.00562. The molecule has 0 atom stereocenters. The molecule has 0 bridgehead atoms. The minimum atomic E-state index is -0.462. The van der Waals surface area contributed by atoms with Gasteiger partial charge < -0.3 is 4.74 Å². The van der Waals surface area contributed by atoms with Crippen LogP contribution in [-0.4, -0.2) is 17.3 Å². The van der Waals surface area contributed by atoms with Crippen molar-refractivity contribution in [1.82, 2.24) is 0 Å². The number of ketones is 1. The van der Waals surface area contributed by atoms with Crippen LogP contribution >= 0.6 is 0 Å². The van der Waals surface area contributed by atoms with E-state index in [9.17, 15) is 14.9 Å². The molecule has 2 aromatic rings. The predicted molar refractivity (Wildman–Crippen MR) is 77.3 cm³/mol. The number of rotatable bonds is 2. The summed E-state index contributed by atoms with van der Waals surface area (Å²) in [6.07, 6.45) is 1.63. The van der Waals surface area contributed by atoms with Gasteiger partial charge in [-0.3, -0.25) is 14.9 Å². The zero-order valence-corrected chi connectivity index (χ0v) is 11.0. The van der Waals surface area contributed by atoms with E-state index in [-0.39, 0.29) is 18.1 Å². The Bertz CT molecular complexity index is 764. The van der Waals surface area contributed by atoms with Gasteiger partial charge in [-0.25, -0.2) is 0 Å². The number of nitro groups is 1. The molecular formula is C16H11NO4. The van der Waals surface area contributed by atoms with Crippen LogP contribution in [0.4, 0.5) is 5.69 Å². The normalized spacial score (nSPS) is 15.4. The van der Waals surface area contributed by atoms with Gasteiger partial charge in [0, 0.05) is 17.7 Å². The first-order valence-electron chi connectivity index (χ1n) is 6.37. The second-order valence-corrected chi connectivity index (χ2v) is 4.64. The first kappa shape index (κ1) is 13.1. The highest BCUT2D eigenvalue weighted by molar-refractivity contribution is 6.14. The molecule has 0 spiro atoms. The van der Waals surface area contributed by atoms with Crippen LogP contribution in [0, 0.1) is 10.1 Å². The molecule has 1 aliphatic heterocycles. The average molecular weight is 281 g/mol. The molecule has 21 heavy (non-hydrogen) atoms. The van der Waals surface area contributed by atoms with Crippen molar-refractivity contribution in [3.05, 3.63) is 75.3 Å². The van der Waals surface area contributed by atoms with Gasteiger partial charge in [0.15, 0.2) is 5.78 Å². The molecule has 0 fully saturated rings. The Morgan fingerprint density at radius 2 is 1.95 bits per heavy atom. The monoisotopic (exact) mass is 281 g/mol. The molecule has 1 heterocycles. The lowest BCUT2D eigenvalue weighted by Gasteiger charge is -2.18. The number of nitro benzene ring substituents is 1. The fourth-order valence-corrected chi connectivity index (χ4v) is 2.21. The van der Waals surface area contributed by atoms with Crippen molar-refractivity contribution in [1.29, 1.82) is 0 Å². The molecule has 3 rings (SSSR count). The topological polar surface area (TPSA) is 69.4 Å². The van der Waals surface area contributed by atoms with E-state index in [1.54, 1.807) is 42.5 Å². The van der Waals surface area contributed by atoms with Crippen molar-refractivity contribution < 1.29 is 14.5 Å². The molecule has 1 aliphatic rings. The minimum Gasteiger partial charge on any atom is -0.488 e. The van der Waals surface area contributed by atoms with E-state index in [4.69, 9.17) is 4.74 Å². The summed E-state index contributed by atoms with van der Waals surface area (Å²) in [5.74, 6) is 0.460. The van der Waals surface area contributed by atoms with E-state index < -0.39 is 4.92 Å². The van der Waals surface area contributed by atoms with Gasteiger partial charge in [-0.2, -0.15) is 0 Å². The largest absolute Gasteiger partial charge is 0.488 e. The number of Topliss-reactive ketones (excluding diaryl/α,β-unsaturated/α-hetero) is 1. The summed E-state index contributed by atoms with van der Waals surface area (Å²) < 4.78 is 5.53. The third kappa shape index (κ3) is 2.53. The number of fused-ring (bicyclic) bond motifs is 1. The number of non-ortho nitro benzene ring substituents is 1. The summed E-state index contributed by atoms with van der Waals surface area (Å²) in [5, 5.41) is 10.8. The van der Waals surface area contributed by atoms with E-state index >= 15 is 0 Å². The number of benzene rings is 2. The van der Waals surface area contributed by atoms with Crippen molar-refractivity contribution >= 4 is 17.5 Å². The van der Waals surface area contributed by atoms with Gasteiger partial charge in [-0.05, 0) is 23.8 Å². The third-order valence-corrected chi connectivity index (χ3v) is 3.23. The Morgan fingerprint density at radius 1 is 1.14 bits per heavy atom. The summed E-state index contributed by atoms with van der Waals surface area (Å²) in [7, 11) is 0. The molecule has 0 aromatic heterocycles. The Labute approximate surface area is 120 Å². The van der Waals surface area contributed by atoms with E-state index in [1.165, 1.54) is 12.1 Å². The quantitative estimate of drug-likeness (QED) is 0.481. The number of hydrogen-bond acceptors (Lipinski definition) is 4. The van der Waals surface area contributed by atoms with Crippen LogP contribution < -0.4 is 4.74 Å². The van der Waals surface area contributed by atoms with Gasteiger partial charge in [0.05, 0.1) is 10.5 Å². The summed E-state index contributed by atoms with van der Waals surface area (Å²) in [6.45, 7) is 0.165. The van der Waals surface area contributed by atoms with E-state index in [0.717, 1.165) is 0 Å². The van der Waals surface area contributed by atoms with Gasteiger partial charge in [0.25, 0.3) is 5.69 Å². The Balaban J connectivity index is 1.97. The summed E-state index contributed by atoms with van der Waals surface area (Å²) in [5.41, 5.74) is 1.60. The molecule has 104 valence electrons. The van der Waals surface area contributed by atoms with Gasteiger partial charge >= 0.3 is 0 Å². The number of para-hydroxylation sites is 1. The lowest BCUT2D eigenvalue weighted by molar-refractivity contribution is -0.384. The molecule has 0 saturated carbocycles. The zero-order chi connectivity index (χ0) is 14.8. The number of ether oxygens (including phenoxy) is 1. The number of carbonyl (C=O) groups excluding carboxylic acids is 1. The van der Waals surface area contributed by atoms with Crippen LogP contribution in [-0.2, 0) is 0 Å². The van der Waals surface area contributed by atoms with Crippen LogP contribution in [0.2, 0.25) is 0 Å². The molecule has 5 heteroatoms. The van der Waals surface area contributed by atoms with E-state index in [1.807, 2.05) is 0 Å². The molecule has 0 amide bonds. The third-order valence-electron chi connectivity index (χ3n) is 3.23. The Hall–Kier alpha value is -2.95. The molecule has 0 N–H and O–H groups in total.